The van der Waals surface area contributed by atoms with Gasteiger partial charge in [-0.2, -0.15) is 0 Å². The smallest absolute Gasteiger partial charge is 0.147 e. The lowest BCUT2D eigenvalue weighted by molar-refractivity contribution is 0.601. The summed E-state index contributed by atoms with van der Waals surface area (Å²) in [5.74, 6) is -0.238. The molecule has 1 atom stereocenters. The quantitative estimate of drug-likeness (QED) is 0.858. The molecule has 1 aromatic heterocycles. The molecule has 16 heavy (non-hydrogen) atoms. The van der Waals surface area contributed by atoms with E-state index in [1.54, 1.807) is 35.4 Å². The second-order valence-electron chi connectivity index (χ2n) is 3.69. The van der Waals surface area contributed by atoms with E-state index in [1.807, 2.05) is 20.0 Å². The first-order valence-electron chi connectivity index (χ1n) is 5.17. The zero-order chi connectivity index (χ0) is 11.5. The van der Waals surface area contributed by atoms with E-state index >= 15 is 0 Å². The van der Waals surface area contributed by atoms with Crippen LogP contribution >= 0.6 is 0 Å². The van der Waals surface area contributed by atoms with Crippen molar-refractivity contribution in [2.45, 2.75) is 13.0 Å². The van der Waals surface area contributed by atoms with E-state index in [0.29, 0.717) is 5.69 Å². The molecule has 0 spiro atoms. The van der Waals surface area contributed by atoms with Gasteiger partial charge in [0.05, 0.1) is 12.0 Å². The zero-order valence-corrected chi connectivity index (χ0v) is 9.31. The highest BCUT2D eigenvalue weighted by atomic mass is 19.1. The van der Waals surface area contributed by atoms with Gasteiger partial charge in [-0.1, -0.05) is 6.07 Å². The summed E-state index contributed by atoms with van der Waals surface area (Å²) < 4.78 is 15.5. The minimum Gasteiger partial charge on any atom is -0.313 e. The van der Waals surface area contributed by atoms with Crippen molar-refractivity contribution in [2.24, 2.45) is 0 Å². The molecule has 0 aliphatic rings. The second kappa shape index (κ2) is 4.45. The number of hydrogen-bond donors (Lipinski definition) is 1. The zero-order valence-electron chi connectivity index (χ0n) is 9.31. The van der Waals surface area contributed by atoms with Crippen LogP contribution in [-0.4, -0.2) is 16.6 Å². The third kappa shape index (κ3) is 1.97. The van der Waals surface area contributed by atoms with Crippen LogP contribution in [0.15, 0.2) is 36.9 Å². The minimum atomic E-state index is -0.238. The molecule has 0 aliphatic heterocycles. The molecule has 4 heteroatoms. The largest absolute Gasteiger partial charge is 0.313 e. The standard InChI is InChI=1S/C12H14FN3/c1-9(14-2)10-3-4-12(11(13)7-10)16-6-5-15-8-16/h3-9,14H,1-2H3. The number of halogens is 1. The summed E-state index contributed by atoms with van der Waals surface area (Å²) in [4.78, 5) is 3.90. The molecule has 3 nitrogen and oxygen atoms in total. The summed E-state index contributed by atoms with van der Waals surface area (Å²) in [7, 11) is 1.85. The molecule has 1 aromatic carbocycles. The van der Waals surface area contributed by atoms with Crippen molar-refractivity contribution in [1.29, 1.82) is 0 Å². The molecule has 1 unspecified atom stereocenters. The lowest BCUT2D eigenvalue weighted by Crippen LogP contribution is -2.12. The van der Waals surface area contributed by atoms with Crippen molar-refractivity contribution in [2.75, 3.05) is 7.05 Å². The van der Waals surface area contributed by atoms with Crippen LogP contribution in [0, 0.1) is 5.82 Å². The lowest BCUT2D eigenvalue weighted by atomic mass is 10.1. The summed E-state index contributed by atoms with van der Waals surface area (Å²) in [5.41, 5.74) is 1.45. The van der Waals surface area contributed by atoms with Gasteiger partial charge in [-0.05, 0) is 31.7 Å². The average Bonchev–Trinajstić information content (AvgIpc) is 2.81. The minimum absolute atomic E-state index is 0.145. The molecule has 0 aliphatic carbocycles. The Kier molecular flexibility index (Phi) is 3.01. The van der Waals surface area contributed by atoms with Crippen molar-refractivity contribution in [3.63, 3.8) is 0 Å². The summed E-state index contributed by atoms with van der Waals surface area (Å²) in [5, 5.41) is 3.08. The topological polar surface area (TPSA) is 29.9 Å². The molecule has 0 radical (unpaired) electrons. The normalized spacial score (nSPS) is 12.7. The molecule has 0 saturated carbocycles. The fourth-order valence-electron chi connectivity index (χ4n) is 1.57. The number of aromatic nitrogens is 2. The number of imidazole rings is 1. The van der Waals surface area contributed by atoms with Gasteiger partial charge in [-0.3, -0.25) is 0 Å². The predicted octanol–water partition coefficient (Wildman–Crippen LogP) is 2.29. The maximum atomic E-state index is 13.8. The molecule has 0 amide bonds. The fraction of sp³-hybridized carbons (Fsp3) is 0.250. The Balaban J connectivity index is 2.37. The van der Waals surface area contributed by atoms with Crippen LogP contribution in [0.4, 0.5) is 4.39 Å². The maximum Gasteiger partial charge on any atom is 0.147 e. The Morgan fingerprint density at radius 3 is 2.81 bits per heavy atom. The highest BCUT2D eigenvalue weighted by Gasteiger charge is 2.08. The van der Waals surface area contributed by atoms with E-state index in [2.05, 4.69) is 10.3 Å². The summed E-state index contributed by atoms with van der Waals surface area (Å²) >= 11 is 0. The fourth-order valence-corrected chi connectivity index (χ4v) is 1.57. The van der Waals surface area contributed by atoms with E-state index in [4.69, 9.17) is 0 Å². The van der Waals surface area contributed by atoms with Gasteiger partial charge >= 0.3 is 0 Å². The number of nitrogens with zero attached hydrogens (tertiary/aromatic N) is 2. The number of benzene rings is 1. The number of rotatable bonds is 3. The van der Waals surface area contributed by atoms with Crippen LogP contribution in [0.25, 0.3) is 5.69 Å². The average molecular weight is 219 g/mol. The van der Waals surface area contributed by atoms with Crippen LogP contribution in [-0.2, 0) is 0 Å². The van der Waals surface area contributed by atoms with Gasteiger partial charge in [0.1, 0.15) is 5.82 Å². The van der Waals surface area contributed by atoms with Crippen LogP contribution in [0.2, 0.25) is 0 Å². The molecule has 0 saturated heterocycles. The summed E-state index contributed by atoms with van der Waals surface area (Å²) in [6.07, 6.45) is 4.93. The van der Waals surface area contributed by atoms with E-state index in [-0.39, 0.29) is 11.9 Å². The van der Waals surface area contributed by atoms with Crippen LogP contribution in [0.1, 0.15) is 18.5 Å². The van der Waals surface area contributed by atoms with Gasteiger partial charge in [0.25, 0.3) is 0 Å². The lowest BCUT2D eigenvalue weighted by Gasteiger charge is -2.12. The second-order valence-corrected chi connectivity index (χ2v) is 3.69. The first-order chi connectivity index (χ1) is 7.72. The van der Waals surface area contributed by atoms with E-state index in [1.165, 1.54) is 0 Å². The van der Waals surface area contributed by atoms with Crippen molar-refractivity contribution in [3.05, 3.63) is 48.3 Å². The van der Waals surface area contributed by atoms with Crippen molar-refractivity contribution in [3.8, 4) is 5.69 Å². The first kappa shape index (κ1) is 10.8. The van der Waals surface area contributed by atoms with Gasteiger partial charge in [0, 0.05) is 18.4 Å². The third-order valence-electron chi connectivity index (χ3n) is 2.69. The molecule has 0 fully saturated rings. The van der Waals surface area contributed by atoms with Crippen LogP contribution < -0.4 is 5.32 Å². The van der Waals surface area contributed by atoms with Crippen molar-refractivity contribution in [1.82, 2.24) is 14.9 Å². The maximum absolute atomic E-state index is 13.8. The van der Waals surface area contributed by atoms with Gasteiger partial charge in [-0.15, -0.1) is 0 Å². The summed E-state index contributed by atoms with van der Waals surface area (Å²) in [6.45, 7) is 1.99. The molecule has 2 aromatic rings. The van der Waals surface area contributed by atoms with E-state index < -0.39 is 0 Å². The summed E-state index contributed by atoms with van der Waals surface area (Å²) in [6, 6.07) is 5.38. The number of hydrogen-bond acceptors (Lipinski definition) is 2. The highest BCUT2D eigenvalue weighted by molar-refractivity contribution is 5.37. The molecular formula is C12H14FN3. The Morgan fingerprint density at radius 1 is 1.44 bits per heavy atom. The van der Waals surface area contributed by atoms with Crippen LogP contribution in [0.3, 0.4) is 0 Å². The Hall–Kier alpha value is -1.68. The molecule has 1 N–H and O–H groups in total. The van der Waals surface area contributed by atoms with Gasteiger partial charge in [0.2, 0.25) is 0 Å². The SMILES string of the molecule is CNC(C)c1ccc(-n2ccnc2)c(F)c1. The number of nitrogens with one attached hydrogen (secondary N) is 1. The Bertz CT molecular complexity index is 465. The molecule has 84 valence electrons. The van der Waals surface area contributed by atoms with Crippen LogP contribution in [0.5, 0.6) is 0 Å². The monoisotopic (exact) mass is 219 g/mol. The molecule has 1 heterocycles. The highest BCUT2D eigenvalue weighted by Crippen LogP contribution is 2.19. The molecule has 2 rings (SSSR count). The molecule has 0 bridgehead atoms. The third-order valence-corrected chi connectivity index (χ3v) is 2.69. The van der Waals surface area contributed by atoms with Gasteiger partial charge in [0.15, 0.2) is 0 Å². The van der Waals surface area contributed by atoms with E-state index in [9.17, 15) is 4.39 Å². The Labute approximate surface area is 93.9 Å². The van der Waals surface area contributed by atoms with E-state index in [0.717, 1.165) is 5.56 Å². The molecular weight excluding hydrogens is 205 g/mol. The van der Waals surface area contributed by atoms with Crippen molar-refractivity contribution >= 4 is 0 Å². The first-order valence-corrected chi connectivity index (χ1v) is 5.17. The van der Waals surface area contributed by atoms with Crippen molar-refractivity contribution < 1.29 is 4.39 Å². The predicted molar refractivity (Wildman–Crippen MR) is 61.0 cm³/mol. The Morgan fingerprint density at radius 2 is 2.25 bits per heavy atom. The van der Waals surface area contributed by atoms with Gasteiger partial charge < -0.3 is 9.88 Å². The van der Waals surface area contributed by atoms with Gasteiger partial charge in [-0.25, -0.2) is 9.37 Å².